The van der Waals surface area contributed by atoms with Crippen LogP contribution in [-0.4, -0.2) is 31.9 Å². The summed E-state index contributed by atoms with van der Waals surface area (Å²) >= 11 is 0. The molecule has 0 saturated heterocycles. The lowest BCUT2D eigenvalue weighted by Crippen LogP contribution is -2.38. The lowest BCUT2D eigenvalue weighted by atomic mass is 10.0. The van der Waals surface area contributed by atoms with Crippen molar-refractivity contribution in [2.24, 2.45) is 7.05 Å². The fraction of sp³-hybridized carbons (Fsp3) is 0.235. The molecule has 1 amide bonds. The zero-order valence-corrected chi connectivity index (χ0v) is 13.1. The number of imidazole rings is 1. The maximum absolute atomic E-state index is 12.8. The number of nitrogens with zero attached hydrogens (tertiary/aromatic N) is 2. The van der Waals surface area contributed by atoms with E-state index in [0.29, 0.717) is 36.2 Å². The van der Waals surface area contributed by atoms with Gasteiger partial charge in [0, 0.05) is 30.9 Å². The van der Waals surface area contributed by atoms with Gasteiger partial charge in [0.05, 0.1) is 17.6 Å². The van der Waals surface area contributed by atoms with Crippen molar-refractivity contribution in [3.05, 3.63) is 68.0 Å². The standard InChI is InChI=1S/C17H16N4O3/c1-20-14-3-2-11(8-13(14)19-17(20)24)16(23)21-7-5-10-4-6-18-15(22)12(10)9-21/h2-4,6,8H,5,7,9H2,1H3,(H,18,22)(H,19,24). The van der Waals surface area contributed by atoms with Gasteiger partial charge in [-0.2, -0.15) is 0 Å². The van der Waals surface area contributed by atoms with E-state index in [1.165, 1.54) is 4.57 Å². The largest absolute Gasteiger partial charge is 0.334 e. The van der Waals surface area contributed by atoms with Gasteiger partial charge >= 0.3 is 5.69 Å². The van der Waals surface area contributed by atoms with Crippen LogP contribution in [0.4, 0.5) is 0 Å². The summed E-state index contributed by atoms with van der Waals surface area (Å²) in [6, 6.07) is 7.04. The number of hydrogen-bond acceptors (Lipinski definition) is 3. The van der Waals surface area contributed by atoms with Gasteiger partial charge in [0.2, 0.25) is 0 Å². The first kappa shape index (κ1) is 14.5. The molecule has 24 heavy (non-hydrogen) atoms. The van der Waals surface area contributed by atoms with Gasteiger partial charge in [0.1, 0.15) is 0 Å². The van der Waals surface area contributed by atoms with Gasteiger partial charge in [-0.05, 0) is 36.2 Å². The van der Waals surface area contributed by atoms with Gasteiger partial charge in [-0.1, -0.05) is 0 Å². The van der Waals surface area contributed by atoms with E-state index in [1.807, 2.05) is 6.07 Å². The monoisotopic (exact) mass is 324 g/mol. The lowest BCUT2D eigenvalue weighted by molar-refractivity contribution is 0.0734. The molecule has 2 aromatic heterocycles. The van der Waals surface area contributed by atoms with E-state index in [-0.39, 0.29) is 17.2 Å². The Bertz CT molecular complexity index is 1070. The number of nitrogens with one attached hydrogen (secondary N) is 2. The maximum Gasteiger partial charge on any atom is 0.326 e. The van der Waals surface area contributed by atoms with Gasteiger partial charge < -0.3 is 14.9 Å². The Morgan fingerprint density at radius 1 is 1.21 bits per heavy atom. The Morgan fingerprint density at radius 3 is 2.88 bits per heavy atom. The van der Waals surface area contributed by atoms with Crippen molar-refractivity contribution in [2.45, 2.75) is 13.0 Å². The molecule has 0 unspecified atom stereocenters. The average molecular weight is 324 g/mol. The van der Waals surface area contributed by atoms with E-state index < -0.39 is 0 Å². The van der Waals surface area contributed by atoms with Crippen molar-refractivity contribution in [3.63, 3.8) is 0 Å². The molecule has 3 aromatic rings. The number of carbonyl (C=O) groups excluding carboxylic acids is 1. The van der Waals surface area contributed by atoms with Crippen molar-refractivity contribution >= 4 is 16.9 Å². The topological polar surface area (TPSA) is 91.0 Å². The zero-order chi connectivity index (χ0) is 16.8. The summed E-state index contributed by atoms with van der Waals surface area (Å²) in [5.74, 6) is -0.143. The molecule has 2 N–H and O–H groups in total. The van der Waals surface area contributed by atoms with Crippen LogP contribution in [0, 0.1) is 0 Å². The third-order valence-electron chi connectivity index (χ3n) is 4.60. The highest BCUT2D eigenvalue weighted by Crippen LogP contribution is 2.19. The number of pyridine rings is 1. The van der Waals surface area contributed by atoms with Crippen molar-refractivity contribution in [1.82, 2.24) is 19.4 Å². The summed E-state index contributed by atoms with van der Waals surface area (Å²) in [4.78, 5) is 43.4. The predicted molar refractivity (Wildman–Crippen MR) is 89.0 cm³/mol. The molecule has 1 aromatic carbocycles. The number of rotatable bonds is 1. The normalized spacial score (nSPS) is 14.0. The van der Waals surface area contributed by atoms with E-state index in [1.54, 1.807) is 36.3 Å². The lowest BCUT2D eigenvalue weighted by Gasteiger charge is -2.28. The highest BCUT2D eigenvalue weighted by atomic mass is 16.2. The van der Waals surface area contributed by atoms with Gasteiger partial charge in [-0.25, -0.2) is 4.79 Å². The third-order valence-corrected chi connectivity index (χ3v) is 4.60. The van der Waals surface area contributed by atoms with Crippen LogP contribution in [0.15, 0.2) is 40.1 Å². The van der Waals surface area contributed by atoms with Crippen LogP contribution < -0.4 is 11.2 Å². The fourth-order valence-corrected chi connectivity index (χ4v) is 3.21. The van der Waals surface area contributed by atoms with Crippen LogP contribution in [-0.2, 0) is 20.0 Å². The number of aromatic amines is 2. The molecule has 0 aliphatic carbocycles. The van der Waals surface area contributed by atoms with Crippen molar-refractivity contribution in [2.75, 3.05) is 6.54 Å². The first-order chi connectivity index (χ1) is 11.5. The predicted octanol–water partition coefficient (Wildman–Crippen LogP) is 0.753. The van der Waals surface area contributed by atoms with Gasteiger partial charge in [0.25, 0.3) is 11.5 Å². The second kappa shape index (κ2) is 5.23. The molecule has 7 nitrogen and oxygen atoms in total. The molecular weight excluding hydrogens is 308 g/mol. The highest BCUT2D eigenvalue weighted by Gasteiger charge is 2.24. The molecule has 0 saturated carbocycles. The molecule has 0 spiro atoms. The Morgan fingerprint density at radius 2 is 2.04 bits per heavy atom. The number of amides is 1. The van der Waals surface area contributed by atoms with Gasteiger partial charge in [-0.15, -0.1) is 0 Å². The summed E-state index contributed by atoms with van der Waals surface area (Å²) < 4.78 is 1.50. The number of carbonyl (C=O) groups is 1. The molecule has 0 atom stereocenters. The van der Waals surface area contributed by atoms with Crippen LogP contribution in [0.2, 0.25) is 0 Å². The first-order valence-electron chi connectivity index (χ1n) is 7.72. The Hall–Kier alpha value is -3.09. The molecule has 1 aliphatic heterocycles. The quantitative estimate of drug-likeness (QED) is 0.692. The summed E-state index contributed by atoms with van der Waals surface area (Å²) in [5, 5.41) is 0. The molecule has 0 fully saturated rings. The summed E-state index contributed by atoms with van der Waals surface area (Å²) in [6.45, 7) is 0.867. The molecule has 7 heteroatoms. The average Bonchev–Trinajstić information content (AvgIpc) is 2.88. The van der Waals surface area contributed by atoms with Crippen LogP contribution in [0.25, 0.3) is 11.0 Å². The van der Waals surface area contributed by atoms with E-state index in [0.717, 1.165) is 11.1 Å². The summed E-state index contributed by atoms with van der Waals surface area (Å²) in [7, 11) is 1.68. The molecular formula is C17H16N4O3. The SMILES string of the molecule is Cn1c(=O)[nH]c2cc(C(=O)N3CCc4cc[nH]c(=O)c4C3)ccc21. The Kier molecular flexibility index (Phi) is 3.16. The molecule has 3 heterocycles. The minimum absolute atomic E-state index is 0.143. The summed E-state index contributed by atoms with van der Waals surface area (Å²) in [5.41, 5.74) is 3.15. The van der Waals surface area contributed by atoms with Crippen molar-refractivity contribution < 1.29 is 4.79 Å². The number of aromatic nitrogens is 3. The van der Waals surface area contributed by atoms with Crippen molar-refractivity contribution in [3.8, 4) is 0 Å². The van der Waals surface area contributed by atoms with E-state index >= 15 is 0 Å². The van der Waals surface area contributed by atoms with Crippen molar-refractivity contribution in [1.29, 1.82) is 0 Å². The van der Waals surface area contributed by atoms with Gasteiger partial charge in [-0.3, -0.25) is 14.2 Å². The Balaban J connectivity index is 1.68. The number of H-pyrrole nitrogens is 2. The number of hydrogen-bond donors (Lipinski definition) is 2. The van der Waals surface area contributed by atoms with Crippen LogP contribution in [0.5, 0.6) is 0 Å². The maximum atomic E-state index is 12.8. The molecule has 4 rings (SSSR count). The molecule has 122 valence electrons. The van der Waals surface area contributed by atoms with Gasteiger partial charge in [0.15, 0.2) is 0 Å². The number of benzene rings is 1. The molecule has 1 aliphatic rings. The number of fused-ring (bicyclic) bond motifs is 2. The first-order valence-corrected chi connectivity index (χ1v) is 7.72. The third kappa shape index (κ3) is 2.17. The zero-order valence-electron chi connectivity index (χ0n) is 13.1. The van der Waals surface area contributed by atoms with E-state index in [2.05, 4.69) is 9.97 Å². The summed E-state index contributed by atoms with van der Waals surface area (Å²) in [6.07, 6.45) is 2.30. The van der Waals surface area contributed by atoms with Crippen LogP contribution >= 0.6 is 0 Å². The smallest absolute Gasteiger partial charge is 0.326 e. The molecule has 0 bridgehead atoms. The Labute approximate surface area is 136 Å². The number of aryl methyl sites for hydroxylation is 1. The highest BCUT2D eigenvalue weighted by molar-refractivity contribution is 5.97. The van der Waals surface area contributed by atoms with Crippen LogP contribution in [0.3, 0.4) is 0 Å². The van der Waals surface area contributed by atoms with E-state index in [4.69, 9.17) is 0 Å². The fourth-order valence-electron chi connectivity index (χ4n) is 3.21. The second-order valence-electron chi connectivity index (χ2n) is 6.01. The second-order valence-corrected chi connectivity index (χ2v) is 6.01. The minimum atomic E-state index is -0.215. The van der Waals surface area contributed by atoms with E-state index in [9.17, 15) is 14.4 Å². The van der Waals surface area contributed by atoms with Crippen LogP contribution in [0.1, 0.15) is 21.5 Å². The molecule has 0 radical (unpaired) electrons. The minimum Gasteiger partial charge on any atom is -0.334 e.